The summed E-state index contributed by atoms with van der Waals surface area (Å²) in [7, 11) is 0. The van der Waals surface area contributed by atoms with E-state index in [9.17, 15) is 5.11 Å². The topological polar surface area (TPSA) is 33.4 Å². The van der Waals surface area contributed by atoms with Gasteiger partial charge in [0, 0.05) is 10.4 Å². The lowest BCUT2D eigenvalue weighted by molar-refractivity contribution is 0.217. The van der Waals surface area contributed by atoms with Crippen molar-refractivity contribution in [1.82, 2.24) is 0 Å². The van der Waals surface area contributed by atoms with Crippen molar-refractivity contribution in [2.75, 3.05) is 0 Å². The number of hydrogen-bond acceptors (Lipinski definition) is 3. The van der Waals surface area contributed by atoms with Gasteiger partial charge in [0.1, 0.15) is 17.6 Å². The summed E-state index contributed by atoms with van der Waals surface area (Å²) in [6, 6.07) is 1.98. The SMILES string of the molecule is Cc1oc(C)c(C(O)c2cc(Br)sc2C)c1C. The van der Waals surface area contributed by atoms with Crippen LogP contribution in [0.15, 0.2) is 14.3 Å². The average Bonchev–Trinajstić information content (AvgIpc) is 2.68. The third-order valence-corrected chi connectivity index (χ3v) is 4.68. The molecule has 0 spiro atoms. The van der Waals surface area contributed by atoms with Crippen LogP contribution in [-0.2, 0) is 0 Å². The van der Waals surface area contributed by atoms with Crippen LogP contribution < -0.4 is 0 Å². The van der Waals surface area contributed by atoms with E-state index in [4.69, 9.17) is 4.42 Å². The fourth-order valence-corrected chi connectivity index (χ4v) is 3.84. The molecule has 4 heteroatoms. The van der Waals surface area contributed by atoms with Gasteiger partial charge in [-0.1, -0.05) is 0 Å². The number of rotatable bonds is 2. The molecule has 0 fully saturated rings. The number of hydrogen-bond donors (Lipinski definition) is 1. The molecule has 1 atom stereocenters. The molecule has 1 unspecified atom stereocenters. The number of thiophene rings is 1. The molecule has 0 aromatic carbocycles. The summed E-state index contributed by atoms with van der Waals surface area (Å²) in [4.78, 5) is 1.13. The minimum absolute atomic E-state index is 0.602. The molecule has 2 nitrogen and oxygen atoms in total. The maximum absolute atomic E-state index is 10.5. The van der Waals surface area contributed by atoms with Gasteiger partial charge in [0.25, 0.3) is 0 Å². The molecule has 0 amide bonds. The van der Waals surface area contributed by atoms with Crippen LogP contribution in [0.1, 0.15) is 39.2 Å². The van der Waals surface area contributed by atoms with Gasteiger partial charge in [-0.3, -0.25) is 0 Å². The fourth-order valence-electron chi connectivity index (χ4n) is 2.10. The maximum Gasteiger partial charge on any atom is 0.109 e. The Morgan fingerprint density at radius 2 is 1.88 bits per heavy atom. The Bertz CT molecular complexity index is 554. The summed E-state index contributed by atoms with van der Waals surface area (Å²) in [6.45, 7) is 7.83. The minimum atomic E-state index is -0.602. The first-order valence-electron chi connectivity index (χ1n) is 5.42. The molecule has 0 saturated carbocycles. The Kier molecular flexibility index (Phi) is 3.48. The molecule has 2 heterocycles. The van der Waals surface area contributed by atoms with E-state index in [0.717, 1.165) is 36.9 Å². The van der Waals surface area contributed by atoms with Gasteiger partial charge in [-0.25, -0.2) is 0 Å². The smallest absolute Gasteiger partial charge is 0.109 e. The fraction of sp³-hybridized carbons (Fsp3) is 0.385. The molecule has 92 valence electrons. The standard InChI is InChI=1S/C13H15BrO2S/c1-6-7(2)16-8(3)12(6)13(15)10-5-11(14)17-9(10)4/h5,13,15H,1-4H3. The largest absolute Gasteiger partial charge is 0.466 e. The lowest BCUT2D eigenvalue weighted by atomic mass is 9.99. The normalized spacial score (nSPS) is 13.1. The van der Waals surface area contributed by atoms with Crippen LogP contribution in [0.3, 0.4) is 0 Å². The molecule has 1 N–H and O–H groups in total. The lowest BCUT2D eigenvalue weighted by Gasteiger charge is -2.11. The van der Waals surface area contributed by atoms with Crippen LogP contribution in [0.25, 0.3) is 0 Å². The summed E-state index contributed by atoms with van der Waals surface area (Å²) in [5, 5.41) is 10.5. The second-order valence-corrected chi connectivity index (χ2v) is 6.85. The molecule has 2 aromatic rings. The highest BCUT2D eigenvalue weighted by Gasteiger charge is 2.23. The van der Waals surface area contributed by atoms with Crippen molar-refractivity contribution in [2.45, 2.75) is 33.8 Å². The monoisotopic (exact) mass is 314 g/mol. The number of halogens is 1. The van der Waals surface area contributed by atoms with E-state index in [0.29, 0.717) is 0 Å². The minimum Gasteiger partial charge on any atom is -0.466 e. The van der Waals surface area contributed by atoms with Gasteiger partial charge < -0.3 is 9.52 Å². The molecule has 17 heavy (non-hydrogen) atoms. The molecule has 0 aliphatic rings. The Hall–Kier alpha value is -0.580. The van der Waals surface area contributed by atoms with Crippen LogP contribution in [0, 0.1) is 27.7 Å². The Morgan fingerprint density at radius 3 is 2.29 bits per heavy atom. The van der Waals surface area contributed by atoms with Crippen molar-refractivity contribution >= 4 is 27.3 Å². The molecule has 0 aliphatic heterocycles. The van der Waals surface area contributed by atoms with Gasteiger partial charge in [0.05, 0.1) is 3.79 Å². The zero-order valence-corrected chi connectivity index (χ0v) is 12.7. The third-order valence-electron chi connectivity index (χ3n) is 3.11. The maximum atomic E-state index is 10.5. The van der Waals surface area contributed by atoms with Crippen molar-refractivity contribution in [3.63, 3.8) is 0 Å². The van der Waals surface area contributed by atoms with Gasteiger partial charge in [-0.05, 0) is 60.8 Å². The molecule has 0 radical (unpaired) electrons. The van der Waals surface area contributed by atoms with Gasteiger partial charge in [0.15, 0.2) is 0 Å². The van der Waals surface area contributed by atoms with Crippen molar-refractivity contribution in [3.8, 4) is 0 Å². The first-order chi connectivity index (χ1) is 7.91. The molecular weight excluding hydrogens is 300 g/mol. The van der Waals surface area contributed by atoms with Crippen LogP contribution in [0.4, 0.5) is 0 Å². The zero-order chi connectivity index (χ0) is 12.7. The third kappa shape index (κ3) is 2.21. The van der Waals surface area contributed by atoms with E-state index in [1.54, 1.807) is 11.3 Å². The molecule has 2 aromatic heterocycles. The van der Waals surface area contributed by atoms with Gasteiger partial charge in [-0.2, -0.15) is 0 Å². The highest BCUT2D eigenvalue weighted by atomic mass is 79.9. The lowest BCUT2D eigenvalue weighted by Crippen LogP contribution is -2.02. The quantitative estimate of drug-likeness (QED) is 0.890. The molecule has 2 rings (SSSR count). The van der Waals surface area contributed by atoms with E-state index in [1.807, 2.05) is 33.8 Å². The second kappa shape index (κ2) is 4.59. The van der Waals surface area contributed by atoms with Crippen molar-refractivity contribution in [2.24, 2.45) is 0 Å². The van der Waals surface area contributed by atoms with Crippen molar-refractivity contribution in [1.29, 1.82) is 0 Å². The van der Waals surface area contributed by atoms with Crippen LogP contribution >= 0.6 is 27.3 Å². The van der Waals surface area contributed by atoms with E-state index < -0.39 is 6.10 Å². The van der Waals surface area contributed by atoms with E-state index in [1.165, 1.54) is 0 Å². The predicted octanol–water partition coefficient (Wildman–Crippen LogP) is 4.42. The van der Waals surface area contributed by atoms with E-state index in [2.05, 4.69) is 15.9 Å². The number of furan rings is 1. The summed E-state index contributed by atoms with van der Waals surface area (Å²) in [5.74, 6) is 1.68. The Morgan fingerprint density at radius 1 is 1.24 bits per heavy atom. The predicted molar refractivity (Wildman–Crippen MR) is 73.7 cm³/mol. The van der Waals surface area contributed by atoms with Crippen molar-refractivity contribution < 1.29 is 9.52 Å². The summed E-state index contributed by atoms with van der Waals surface area (Å²) in [6.07, 6.45) is -0.602. The molecule has 0 aliphatic carbocycles. The first kappa shape index (κ1) is 12.9. The number of aliphatic hydroxyl groups is 1. The van der Waals surface area contributed by atoms with Crippen LogP contribution in [-0.4, -0.2) is 5.11 Å². The van der Waals surface area contributed by atoms with Gasteiger partial charge in [0.2, 0.25) is 0 Å². The number of aryl methyl sites for hydroxylation is 3. The zero-order valence-electron chi connectivity index (χ0n) is 10.3. The average molecular weight is 315 g/mol. The van der Waals surface area contributed by atoms with Crippen molar-refractivity contribution in [3.05, 3.63) is 42.9 Å². The van der Waals surface area contributed by atoms with Gasteiger partial charge in [-0.15, -0.1) is 11.3 Å². The molecule has 0 bridgehead atoms. The molecular formula is C13H15BrO2S. The second-order valence-electron chi connectivity index (χ2n) is 4.22. The highest BCUT2D eigenvalue weighted by Crippen LogP contribution is 2.37. The van der Waals surface area contributed by atoms with Crippen LogP contribution in [0.2, 0.25) is 0 Å². The van der Waals surface area contributed by atoms with Gasteiger partial charge >= 0.3 is 0 Å². The summed E-state index contributed by atoms with van der Waals surface area (Å²) in [5.41, 5.74) is 2.89. The van der Waals surface area contributed by atoms with Crippen LogP contribution in [0.5, 0.6) is 0 Å². The Labute approximate surface area is 113 Å². The summed E-state index contributed by atoms with van der Waals surface area (Å²) >= 11 is 5.09. The first-order valence-corrected chi connectivity index (χ1v) is 7.03. The van der Waals surface area contributed by atoms with E-state index in [-0.39, 0.29) is 0 Å². The van der Waals surface area contributed by atoms with E-state index >= 15 is 0 Å². The number of aliphatic hydroxyl groups excluding tert-OH is 1. The Balaban J connectivity index is 2.50. The summed E-state index contributed by atoms with van der Waals surface area (Å²) < 4.78 is 6.61. The highest BCUT2D eigenvalue weighted by molar-refractivity contribution is 9.11. The molecule has 0 saturated heterocycles.